The third-order valence-electron chi connectivity index (χ3n) is 5.79. The molecule has 2 fully saturated rings. The van der Waals surface area contributed by atoms with Crippen molar-refractivity contribution in [3.05, 3.63) is 64.0 Å². The number of fused-ring (bicyclic) bond motifs is 1. The zero-order valence-corrected chi connectivity index (χ0v) is 17.2. The number of aromatic nitrogens is 1. The first-order valence-corrected chi connectivity index (χ1v) is 11.2. The van der Waals surface area contributed by atoms with E-state index >= 15 is 0 Å². The minimum absolute atomic E-state index is 0.0136. The van der Waals surface area contributed by atoms with Gasteiger partial charge in [-0.3, -0.25) is 14.7 Å². The van der Waals surface area contributed by atoms with Crippen LogP contribution in [-0.4, -0.2) is 48.6 Å². The van der Waals surface area contributed by atoms with Gasteiger partial charge in [-0.15, -0.1) is 11.3 Å². The van der Waals surface area contributed by atoms with Gasteiger partial charge in [-0.25, -0.2) is 0 Å². The maximum atomic E-state index is 13.2. The Hall–Kier alpha value is -2.28. The van der Waals surface area contributed by atoms with E-state index in [4.69, 9.17) is 9.72 Å². The summed E-state index contributed by atoms with van der Waals surface area (Å²) in [6, 6.07) is 14.4. The van der Waals surface area contributed by atoms with Crippen molar-refractivity contribution in [1.29, 1.82) is 0 Å². The fourth-order valence-electron chi connectivity index (χ4n) is 4.04. The van der Waals surface area contributed by atoms with Gasteiger partial charge in [0.2, 0.25) is 0 Å². The first kappa shape index (κ1) is 18.7. The Labute approximate surface area is 174 Å². The Bertz CT molecular complexity index is 995. The summed E-state index contributed by atoms with van der Waals surface area (Å²) >= 11 is 1.75. The molecule has 1 saturated carbocycles. The molecule has 1 N–H and O–H groups in total. The minimum atomic E-state index is -0.0136. The van der Waals surface area contributed by atoms with Crippen LogP contribution in [-0.2, 0) is 4.74 Å². The maximum Gasteiger partial charge on any atom is 0.252 e. The highest BCUT2D eigenvalue weighted by Gasteiger charge is 2.28. The van der Waals surface area contributed by atoms with Crippen molar-refractivity contribution in [1.82, 2.24) is 15.2 Å². The lowest BCUT2D eigenvalue weighted by Crippen LogP contribution is -2.43. The van der Waals surface area contributed by atoms with E-state index in [0.29, 0.717) is 12.5 Å². The van der Waals surface area contributed by atoms with E-state index in [1.54, 1.807) is 11.3 Å². The summed E-state index contributed by atoms with van der Waals surface area (Å²) in [7, 11) is 0. The molecule has 150 valence electrons. The van der Waals surface area contributed by atoms with Crippen molar-refractivity contribution in [3.63, 3.8) is 0 Å². The van der Waals surface area contributed by atoms with Crippen LogP contribution in [0.5, 0.6) is 0 Å². The van der Waals surface area contributed by atoms with E-state index in [0.717, 1.165) is 48.5 Å². The molecule has 1 aliphatic heterocycles. The van der Waals surface area contributed by atoms with Crippen LogP contribution >= 0.6 is 11.3 Å². The van der Waals surface area contributed by atoms with Gasteiger partial charge in [-0.1, -0.05) is 24.3 Å². The topological polar surface area (TPSA) is 54.5 Å². The molecule has 3 heterocycles. The highest BCUT2D eigenvalue weighted by atomic mass is 32.1. The molecule has 0 bridgehead atoms. The van der Waals surface area contributed by atoms with Gasteiger partial charge < -0.3 is 10.1 Å². The number of nitrogens with one attached hydrogen (secondary N) is 1. The van der Waals surface area contributed by atoms with Gasteiger partial charge in [0, 0.05) is 41.5 Å². The van der Waals surface area contributed by atoms with Gasteiger partial charge in [0.1, 0.15) is 0 Å². The van der Waals surface area contributed by atoms with Crippen LogP contribution in [0.25, 0.3) is 10.9 Å². The summed E-state index contributed by atoms with van der Waals surface area (Å²) in [6.07, 6.45) is 2.34. The molecule has 1 amide bonds. The Morgan fingerprint density at radius 2 is 2.03 bits per heavy atom. The van der Waals surface area contributed by atoms with Gasteiger partial charge in [0.15, 0.2) is 0 Å². The van der Waals surface area contributed by atoms with Crippen LogP contribution in [0, 0.1) is 0 Å². The standard InChI is InChI=1S/C23H25N3O2S/c27-23(18-14-20(16-7-8-16)25-19-5-2-1-4-17(18)19)24-15-21(22-6-3-13-29-22)26-9-11-28-12-10-26/h1-6,13-14,16,21H,7-12,15H2,(H,24,27)/t21-/m0/s1. The quantitative estimate of drug-likeness (QED) is 0.672. The summed E-state index contributed by atoms with van der Waals surface area (Å²) < 4.78 is 5.52. The van der Waals surface area contributed by atoms with Gasteiger partial charge in [-0.2, -0.15) is 0 Å². The fraction of sp³-hybridized carbons (Fsp3) is 0.391. The molecular formula is C23H25N3O2S. The van der Waals surface area contributed by atoms with Crippen LogP contribution in [0.15, 0.2) is 47.8 Å². The highest BCUT2D eigenvalue weighted by Crippen LogP contribution is 2.40. The number of hydrogen-bond acceptors (Lipinski definition) is 5. The molecule has 1 aromatic carbocycles. The van der Waals surface area contributed by atoms with Crippen molar-refractivity contribution in [2.24, 2.45) is 0 Å². The van der Waals surface area contributed by atoms with Gasteiger partial charge >= 0.3 is 0 Å². The first-order valence-electron chi connectivity index (χ1n) is 10.3. The SMILES string of the molecule is O=C(NC[C@@H](c1cccs1)N1CCOCC1)c1cc(C2CC2)nc2ccccc12. The van der Waals surface area contributed by atoms with Crippen molar-refractivity contribution in [2.45, 2.75) is 24.8 Å². The second-order valence-corrected chi connectivity index (χ2v) is 8.75. The average Bonchev–Trinajstić information content (AvgIpc) is 3.49. The third kappa shape index (κ3) is 4.06. The molecule has 3 aromatic rings. The lowest BCUT2D eigenvalue weighted by molar-refractivity contribution is 0.0169. The van der Waals surface area contributed by atoms with Gasteiger partial charge in [0.25, 0.3) is 5.91 Å². The van der Waals surface area contributed by atoms with E-state index in [-0.39, 0.29) is 11.9 Å². The van der Waals surface area contributed by atoms with Crippen molar-refractivity contribution >= 4 is 28.1 Å². The lowest BCUT2D eigenvalue weighted by Gasteiger charge is -2.34. The maximum absolute atomic E-state index is 13.2. The van der Waals surface area contributed by atoms with Crippen molar-refractivity contribution < 1.29 is 9.53 Å². The minimum Gasteiger partial charge on any atom is -0.379 e. The molecule has 6 heteroatoms. The first-order chi connectivity index (χ1) is 14.3. The van der Waals surface area contributed by atoms with Gasteiger partial charge in [-0.05, 0) is 36.4 Å². The van der Waals surface area contributed by atoms with Crippen LogP contribution in [0.3, 0.4) is 0 Å². The molecule has 5 nitrogen and oxygen atoms in total. The van der Waals surface area contributed by atoms with E-state index < -0.39 is 0 Å². The van der Waals surface area contributed by atoms with E-state index in [1.165, 1.54) is 17.7 Å². The third-order valence-corrected chi connectivity index (χ3v) is 6.76. The number of thiophene rings is 1. The van der Waals surface area contributed by atoms with Gasteiger partial charge in [0.05, 0.1) is 30.3 Å². The Kier molecular flexibility index (Phi) is 5.31. The molecule has 0 radical (unpaired) electrons. The van der Waals surface area contributed by atoms with E-state index in [2.05, 4.69) is 27.7 Å². The molecule has 2 aliphatic rings. The van der Waals surface area contributed by atoms with Crippen LogP contribution in [0.1, 0.15) is 45.7 Å². The molecular weight excluding hydrogens is 382 g/mol. The molecule has 29 heavy (non-hydrogen) atoms. The molecule has 1 saturated heterocycles. The number of carbonyl (C=O) groups is 1. The number of hydrogen-bond donors (Lipinski definition) is 1. The van der Waals surface area contributed by atoms with Crippen LogP contribution in [0.2, 0.25) is 0 Å². The van der Waals surface area contributed by atoms with Crippen LogP contribution < -0.4 is 5.32 Å². The number of amides is 1. The molecule has 1 aliphatic carbocycles. The number of nitrogens with zero attached hydrogens (tertiary/aromatic N) is 2. The number of carbonyl (C=O) groups excluding carboxylic acids is 1. The summed E-state index contributed by atoms with van der Waals surface area (Å²) in [5.74, 6) is 0.499. The summed E-state index contributed by atoms with van der Waals surface area (Å²) in [5.41, 5.74) is 2.70. The zero-order valence-electron chi connectivity index (χ0n) is 16.3. The monoisotopic (exact) mass is 407 g/mol. The second-order valence-electron chi connectivity index (χ2n) is 7.78. The number of pyridine rings is 1. The lowest BCUT2D eigenvalue weighted by atomic mass is 10.0. The normalized spacial score (nSPS) is 18.6. The predicted molar refractivity (Wildman–Crippen MR) is 116 cm³/mol. The number of rotatable bonds is 6. The predicted octanol–water partition coefficient (Wildman–Crippen LogP) is 3.98. The second kappa shape index (κ2) is 8.22. The summed E-state index contributed by atoms with van der Waals surface area (Å²) in [4.78, 5) is 21.7. The molecule has 0 unspecified atom stereocenters. The number of ether oxygens (including phenoxy) is 1. The number of para-hydroxylation sites is 1. The molecule has 2 aromatic heterocycles. The van der Waals surface area contributed by atoms with E-state index in [1.807, 2.05) is 30.3 Å². The average molecular weight is 408 g/mol. The Morgan fingerprint density at radius 3 is 2.79 bits per heavy atom. The summed E-state index contributed by atoms with van der Waals surface area (Å²) in [6.45, 7) is 3.87. The smallest absolute Gasteiger partial charge is 0.252 e. The molecule has 0 spiro atoms. The molecule has 1 atom stereocenters. The Morgan fingerprint density at radius 1 is 1.21 bits per heavy atom. The fourth-order valence-corrected chi connectivity index (χ4v) is 4.90. The number of morpholine rings is 1. The molecule has 5 rings (SSSR count). The van der Waals surface area contributed by atoms with E-state index in [9.17, 15) is 4.79 Å². The largest absolute Gasteiger partial charge is 0.379 e. The van der Waals surface area contributed by atoms with Crippen molar-refractivity contribution in [2.75, 3.05) is 32.8 Å². The zero-order chi connectivity index (χ0) is 19.6. The highest BCUT2D eigenvalue weighted by molar-refractivity contribution is 7.10. The van der Waals surface area contributed by atoms with Crippen LogP contribution in [0.4, 0.5) is 0 Å². The Balaban J connectivity index is 1.39. The van der Waals surface area contributed by atoms with Crippen molar-refractivity contribution in [3.8, 4) is 0 Å². The summed E-state index contributed by atoms with van der Waals surface area (Å²) in [5, 5.41) is 6.25. The number of benzene rings is 1.